The van der Waals surface area contributed by atoms with Crippen LogP contribution >= 0.6 is 0 Å². The molecule has 1 aromatic carbocycles. The SMILES string of the molecule is NC(=O)c1ccccc1NC(=O)c1ccc(OCC(F)(F)C(F)F)nc1. The summed E-state index contributed by atoms with van der Waals surface area (Å²) in [6.07, 6.45) is -2.85. The summed E-state index contributed by atoms with van der Waals surface area (Å²) in [7, 11) is 0. The summed E-state index contributed by atoms with van der Waals surface area (Å²) in [5.74, 6) is -6.03. The molecule has 2 aromatic rings. The third kappa shape index (κ3) is 4.68. The number of ether oxygens (including phenoxy) is 1. The zero-order valence-corrected chi connectivity index (χ0v) is 13.1. The van der Waals surface area contributed by atoms with Crippen molar-refractivity contribution in [3.05, 3.63) is 53.7 Å². The molecule has 10 heteroatoms. The molecule has 0 saturated heterocycles. The number of nitrogens with two attached hydrogens (primary N) is 1. The van der Waals surface area contributed by atoms with E-state index in [1.807, 2.05) is 0 Å². The predicted molar refractivity (Wildman–Crippen MR) is 83.6 cm³/mol. The molecule has 0 spiro atoms. The van der Waals surface area contributed by atoms with Crippen molar-refractivity contribution in [2.24, 2.45) is 5.73 Å². The lowest BCUT2D eigenvalue weighted by Gasteiger charge is -2.15. The van der Waals surface area contributed by atoms with Crippen LogP contribution in [0.25, 0.3) is 0 Å². The number of pyridine rings is 1. The summed E-state index contributed by atoms with van der Waals surface area (Å²) in [5, 5.41) is 2.46. The van der Waals surface area contributed by atoms with Crippen LogP contribution in [0.1, 0.15) is 20.7 Å². The van der Waals surface area contributed by atoms with Gasteiger partial charge in [-0.05, 0) is 18.2 Å². The summed E-state index contributed by atoms with van der Waals surface area (Å²) in [5.41, 5.74) is 5.51. The second-order valence-electron chi connectivity index (χ2n) is 5.10. The van der Waals surface area contributed by atoms with Gasteiger partial charge in [-0.1, -0.05) is 12.1 Å². The first-order valence-electron chi connectivity index (χ1n) is 7.15. The number of para-hydroxylation sites is 1. The van der Waals surface area contributed by atoms with E-state index < -0.39 is 30.8 Å². The fourth-order valence-corrected chi connectivity index (χ4v) is 1.83. The minimum Gasteiger partial charge on any atom is -0.471 e. The van der Waals surface area contributed by atoms with E-state index in [0.717, 1.165) is 12.3 Å². The molecule has 0 aliphatic carbocycles. The summed E-state index contributed by atoms with van der Waals surface area (Å²) in [6.45, 7) is -1.55. The van der Waals surface area contributed by atoms with E-state index in [-0.39, 0.29) is 22.7 Å². The van der Waals surface area contributed by atoms with Crippen molar-refractivity contribution in [3.63, 3.8) is 0 Å². The number of hydrogen-bond acceptors (Lipinski definition) is 4. The van der Waals surface area contributed by atoms with Gasteiger partial charge in [-0.2, -0.15) is 8.78 Å². The van der Waals surface area contributed by atoms with Crippen molar-refractivity contribution in [2.75, 3.05) is 11.9 Å². The summed E-state index contributed by atoms with van der Waals surface area (Å²) in [6, 6.07) is 8.33. The molecule has 1 aromatic heterocycles. The Morgan fingerprint density at radius 3 is 2.46 bits per heavy atom. The van der Waals surface area contributed by atoms with Crippen molar-refractivity contribution in [1.29, 1.82) is 0 Å². The maximum Gasteiger partial charge on any atom is 0.340 e. The van der Waals surface area contributed by atoms with Crippen molar-refractivity contribution in [3.8, 4) is 5.88 Å². The standard InChI is InChI=1S/C16H13F4N3O3/c17-15(18)16(19,20)8-26-12-6-5-9(7-22-12)14(25)23-11-4-2-1-3-10(11)13(21)24/h1-7,15H,8H2,(H2,21,24)(H,23,25). The fourth-order valence-electron chi connectivity index (χ4n) is 1.83. The molecule has 0 aliphatic rings. The number of halogens is 4. The van der Waals surface area contributed by atoms with Gasteiger partial charge in [0.05, 0.1) is 16.8 Å². The monoisotopic (exact) mass is 371 g/mol. The first-order valence-corrected chi connectivity index (χ1v) is 7.15. The highest BCUT2D eigenvalue weighted by Gasteiger charge is 2.41. The molecule has 0 unspecified atom stereocenters. The van der Waals surface area contributed by atoms with E-state index in [9.17, 15) is 27.2 Å². The molecule has 1 heterocycles. The summed E-state index contributed by atoms with van der Waals surface area (Å²) >= 11 is 0. The lowest BCUT2D eigenvalue weighted by Crippen LogP contribution is -2.33. The van der Waals surface area contributed by atoms with Crippen LogP contribution in [0, 0.1) is 0 Å². The van der Waals surface area contributed by atoms with E-state index in [1.54, 1.807) is 12.1 Å². The molecule has 0 saturated carbocycles. The number of benzene rings is 1. The van der Waals surface area contributed by atoms with Gasteiger partial charge in [0.1, 0.15) is 0 Å². The van der Waals surface area contributed by atoms with Crippen LogP contribution in [0.4, 0.5) is 23.2 Å². The Hall–Kier alpha value is -3.17. The predicted octanol–water partition coefficient (Wildman–Crippen LogP) is 2.71. The number of nitrogens with one attached hydrogen (secondary N) is 1. The van der Waals surface area contributed by atoms with Gasteiger partial charge in [-0.15, -0.1) is 0 Å². The van der Waals surface area contributed by atoms with Gasteiger partial charge in [0, 0.05) is 12.3 Å². The molecule has 0 bridgehead atoms. The third-order valence-corrected chi connectivity index (χ3v) is 3.17. The topological polar surface area (TPSA) is 94.3 Å². The number of rotatable bonds is 7. The molecular weight excluding hydrogens is 358 g/mol. The second-order valence-corrected chi connectivity index (χ2v) is 5.10. The highest BCUT2D eigenvalue weighted by atomic mass is 19.3. The maximum atomic E-state index is 12.8. The van der Waals surface area contributed by atoms with Gasteiger partial charge in [0.15, 0.2) is 6.61 Å². The Balaban J connectivity index is 2.04. The Kier molecular flexibility index (Phi) is 5.75. The highest BCUT2D eigenvalue weighted by molar-refractivity contribution is 6.08. The van der Waals surface area contributed by atoms with Crippen LogP contribution in [-0.2, 0) is 0 Å². The van der Waals surface area contributed by atoms with E-state index >= 15 is 0 Å². The fraction of sp³-hybridized carbons (Fsp3) is 0.188. The zero-order chi connectivity index (χ0) is 19.3. The van der Waals surface area contributed by atoms with E-state index in [4.69, 9.17) is 5.73 Å². The maximum absolute atomic E-state index is 12.8. The molecule has 2 amide bonds. The third-order valence-electron chi connectivity index (χ3n) is 3.17. The van der Waals surface area contributed by atoms with Gasteiger partial charge in [-0.3, -0.25) is 9.59 Å². The number of nitrogens with zero attached hydrogens (tertiary/aromatic N) is 1. The van der Waals surface area contributed by atoms with Crippen molar-refractivity contribution in [1.82, 2.24) is 4.98 Å². The van der Waals surface area contributed by atoms with E-state index in [0.29, 0.717) is 0 Å². The van der Waals surface area contributed by atoms with Crippen LogP contribution in [0.5, 0.6) is 5.88 Å². The average Bonchev–Trinajstić information content (AvgIpc) is 2.60. The summed E-state index contributed by atoms with van der Waals surface area (Å²) < 4.78 is 54.2. The van der Waals surface area contributed by atoms with Crippen LogP contribution in [0.3, 0.4) is 0 Å². The first-order chi connectivity index (χ1) is 12.2. The molecular formula is C16H13F4N3O3. The Bertz CT molecular complexity index is 798. The lowest BCUT2D eigenvalue weighted by atomic mass is 10.1. The van der Waals surface area contributed by atoms with Crippen molar-refractivity contribution < 1.29 is 31.9 Å². The smallest absolute Gasteiger partial charge is 0.340 e. The van der Waals surface area contributed by atoms with Crippen LogP contribution in [-0.4, -0.2) is 35.8 Å². The van der Waals surface area contributed by atoms with Gasteiger partial charge in [0.25, 0.3) is 11.8 Å². The molecule has 0 atom stereocenters. The lowest BCUT2D eigenvalue weighted by molar-refractivity contribution is -0.148. The summed E-state index contributed by atoms with van der Waals surface area (Å²) in [4.78, 5) is 27.1. The first kappa shape index (κ1) is 19.2. The molecule has 0 radical (unpaired) electrons. The quantitative estimate of drug-likeness (QED) is 0.732. The number of carbonyl (C=O) groups excluding carboxylic acids is 2. The molecule has 6 nitrogen and oxygen atoms in total. The van der Waals surface area contributed by atoms with Crippen LogP contribution in [0.2, 0.25) is 0 Å². The Morgan fingerprint density at radius 2 is 1.88 bits per heavy atom. The second kappa shape index (κ2) is 7.81. The van der Waals surface area contributed by atoms with Crippen molar-refractivity contribution >= 4 is 17.5 Å². The number of aromatic nitrogens is 1. The van der Waals surface area contributed by atoms with E-state index in [2.05, 4.69) is 15.0 Å². The molecule has 26 heavy (non-hydrogen) atoms. The molecule has 138 valence electrons. The molecule has 0 fully saturated rings. The number of carbonyl (C=O) groups is 2. The minimum atomic E-state index is -4.31. The van der Waals surface area contributed by atoms with Crippen LogP contribution in [0.15, 0.2) is 42.6 Å². The van der Waals surface area contributed by atoms with Crippen LogP contribution < -0.4 is 15.8 Å². The Labute approximate surface area is 145 Å². The van der Waals surface area contributed by atoms with E-state index in [1.165, 1.54) is 18.2 Å². The van der Waals surface area contributed by atoms with Gasteiger partial charge in [0.2, 0.25) is 5.88 Å². The average molecular weight is 371 g/mol. The number of anilines is 1. The molecule has 2 rings (SSSR count). The Morgan fingerprint density at radius 1 is 1.19 bits per heavy atom. The minimum absolute atomic E-state index is 0.0252. The number of primary amides is 1. The number of hydrogen-bond donors (Lipinski definition) is 2. The number of alkyl halides is 4. The largest absolute Gasteiger partial charge is 0.471 e. The zero-order valence-electron chi connectivity index (χ0n) is 13.1. The number of amides is 2. The molecule has 3 N–H and O–H groups in total. The normalized spacial score (nSPS) is 11.3. The van der Waals surface area contributed by atoms with Gasteiger partial charge in [-0.25, -0.2) is 13.8 Å². The van der Waals surface area contributed by atoms with Gasteiger partial charge < -0.3 is 15.8 Å². The molecule has 0 aliphatic heterocycles. The highest BCUT2D eigenvalue weighted by Crippen LogP contribution is 2.24. The van der Waals surface area contributed by atoms with Gasteiger partial charge >= 0.3 is 12.3 Å². The van der Waals surface area contributed by atoms with Crippen molar-refractivity contribution in [2.45, 2.75) is 12.3 Å².